The van der Waals surface area contributed by atoms with E-state index >= 15 is 0 Å². The van der Waals surface area contributed by atoms with Crippen molar-refractivity contribution < 1.29 is 4.74 Å². The number of hydrogen-bond donors (Lipinski definition) is 0. The lowest BCUT2D eigenvalue weighted by Gasteiger charge is -2.37. The van der Waals surface area contributed by atoms with Gasteiger partial charge in [-0.05, 0) is 30.2 Å². The summed E-state index contributed by atoms with van der Waals surface area (Å²) in [5.41, 5.74) is 2.72. The summed E-state index contributed by atoms with van der Waals surface area (Å²) in [6.07, 6.45) is 14.7. The van der Waals surface area contributed by atoms with Gasteiger partial charge in [-0.25, -0.2) is 9.97 Å². The summed E-state index contributed by atoms with van der Waals surface area (Å²) in [7, 11) is 0. The molecule has 0 unspecified atom stereocenters. The Morgan fingerprint density at radius 2 is 1.64 bits per heavy atom. The van der Waals surface area contributed by atoms with Crippen LogP contribution in [0.1, 0.15) is 44.1 Å². The van der Waals surface area contributed by atoms with Crippen LogP contribution in [0, 0.1) is 0 Å². The molecule has 0 aliphatic heterocycles. The van der Waals surface area contributed by atoms with E-state index in [0.717, 1.165) is 17.8 Å². The molecule has 2 aromatic rings. The van der Waals surface area contributed by atoms with Crippen molar-refractivity contribution in [3.8, 4) is 17.1 Å². The quantitative estimate of drug-likeness (QED) is 0.628. The molecule has 130 valence electrons. The zero-order valence-corrected chi connectivity index (χ0v) is 14.8. The highest BCUT2D eigenvalue weighted by Crippen LogP contribution is 2.42. The second-order valence-electron chi connectivity index (χ2n) is 6.75. The highest BCUT2D eigenvalue weighted by Gasteiger charge is 2.32. The lowest BCUT2D eigenvalue weighted by molar-refractivity contribution is 0.295. The largest absolute Gasteiger partial charge is 0.486 e. The van der Waals surface area contributed by atoms with Crippen molar-refractivity contribution in [1.29, 1.82) is 0 Å². The maximum Gasteiger partial charge on any atom is 0.159 e. The molecule has 1 aromatic heterocycles. The van der Waals surface area contributed by atoms with E-state index in [1.807, 2.05) is 0 Å². The molecule has 0 atom stereocenters. The van der Waals surface area contributed by atoms with Gasteiger partial charge in [-0.2, -0.15) is 0 Å². The van der Waals surface area contributed by atoms with Crippen LogP contribution in [0.3, 0.4) is 0 Å². The van der Waals surface area contributed by atoms with E-state index in [2.05, 4.69) is 53.5 Å². The number of hydrogen-bond acceptors (Lipinski definition) is 3. The molecule has 25 heavy (non-hydrogen) atoms. The van der Waals surface area contributed by atoms with Crippen LogP contribution in [0.25, 0.3) is 11.4 Å². The number of allylic oxidation sites excluding steroid dienone is 1. The molecule has 3 heteroatoms. The van der Waals surface area contributed by atoms with Crippen molar-refractivity contribution >= 4 is 0 Å². The van der Waals surface area contributed by atoms with E-state index in [1.54, 1.807) is 18.5 Å². The maximum atomic E-state index is 5.43. The van der Waals surface area contributed by atoms with Crippen LogP contribution in [0.4, 0.5) is 0 Å². The topological polar surface area (TPSA) is 35.0 Å². The summed E-state index contributed by atoms with van der Waals surface area (Å²) in [5.74, 6) is 1.38. The van der Waals surface area contributed by atoms with Crippen molar-refractivity contribution in [2.45, 2.75) is 43.9 Å². The van der Waals surface area contributed by atoms with E-state index in [-0.39, 0.29) is 5.41 Å². The van der Waals surface area contributed by atoms with Crippen LogP contribution >= 0.6 is 0 Å². The van der Waals surface area contributed by atoms with Gasteiger partial charge >= 0.3 is 0 Å². The summed E-state index contributed by atoms with van der Waals surface area (Å²) in [4.78, 5) is 8.82. The average molecular weight is 334 g/mol. The summed E-state index contributed by atoms with van der Waals surface area (Å²) in [6.45, 7) is 8.08. The van der Waals surface area contributed by atoms with E-state index < -0.39 is 0 Å². The first-order chi connectivity index (χ1) is 12.3. The maximum absolute atomic E-state index is 5.43. The van der Waals surface area contributed by atoms with Crippen molar-refractivity contribution in [1.82, 2.24) is 9.97 Å². The van der Waals surface area contributed by atoms with E-state index in [9.17, 15) is 0 Å². The average Bonchev–Trinajstić information content (AvgIpc) is 2.68. The van der Waals surface area contributed by atoms with Crippen molar-refractivity contribution in [3.63, 3.8) is 0 Å². The lowest BCUT2D eigenvalue weighted by Crippen LogP contribution is -2.28. The number of nitrogens with zero attached hydrogens (tertiary/aromatic N) is 2. The van der Waals surface area contributed by atoms with Gasteiger partial charge in [0.25, 0.3) is 0 Å². The zero-order chi connectivity index (χ0) is 17.5. The minimum atomic E-state index is 0.266. The van der Waals surface area contributed by atoms with Crippen LogP contribution in [-0.2, 0) is 5.41 Å². The highest BCUT2D eigenvalue weighted by molar-refractivity contribution is 5.56. The molecule has 0 N–H and O–H groups in total. The second-order valence-corrected chi connectivity index (χ2v) is 6.75. The predicted molar refractivity (Wildman–Crippen MR) is 103 cm³/mol. The molecule has 1 aliphatic rings. The van der Waals surface area contributed by atoms with Gasteiger partial charge in [0.1, 0.15) is 6.61 Å². The molecule has 3 nitrogen and oxygen atoms in total. The smallest absolute Gasteiger partial charge is 0.159 e. The van der Waals surface area contributed by atoms with Crippen LogP contribution in [0.5, 0.6) is 5.75 Å². The van der Waals surface area contributed by atoms with Gasteiger partial charge in [-0.1, -0.05) is 62.3 Å². The van der Waals surface area contributed by atoms with Crippen LogP contribution in [0.15, 0.2) is 62.0 Å². The Labute approximate surface area is 150 Å². The Kier molecular flexibility index (Phi) is 5.64. The predicted octanol–water partition coefficient (Wildman–Crippen LogP) is 5.49. The lowest BCUT2D eigenvalue weighted by atomic mass is 9.67. The first-order valence-corrected chi connectivity index (χ1v) is 9.05. The van der Waals surface area contributed by atoms with Crippen molar-refractivity contribution in [2.24, 2.45) is 0 Å². The molecule has 0 bridgehead atoms. The first-order valence-electron chi connectivity index (χ1n) is 9.05. The SMILES string of the molecule is C=CCOc1cnc(-c2ccc(C3(CC=C)CCCCC3)cc2)nc1. The molecular formula is C22H26N2O. The van der Waals surface area contributed by atoms with Gasteiger partial charge in [0.05, 0.1) is 12.4 Å². The second kappa shape index (κ2) is 8.11. The zero-order valence-electron chi connectivity index (χ0n) is 14.8. The van der Waals surface area contributed by atoms with Gasteiger partial charge in [0.15, 0.2) is 11.6 Å². The Morgan fingerprint density at radius 3 is 2.24 bits per heavy atom. The number of aromatic nitrogens is 2. The number of benzene rings is 1. The Hall–Kier alpha value is -2.42. The monoisotopic (exact) mass is 334 g/mol. The fourth-order valence-electron chi connectivity index (χ4n) is 3.78. The van der Waals surface area contributed by atoms with Crippen LogP contribution in [-0.4, -0.2) is 16.6 Å². The van der Waals surface area contributed by atoms with Gasteiger partial charge < -0.3 is 4.74 Å². The first kappa shape index (κ1) is 17.4. The summed E-state index contributed by atoms with van der Waals surface area (Å²) in [6, 6.07) is 8.76. The molecule has 0 spiro atoms. The molecule has 1 heterocycles. The molecule has 1 aliphatic carbocycles. The van der Waals surface area contributed by atoms with Gasteiger partial charge in [-0.15, -0.1) is 6.58 Å². The van der Waals surface area contributed by atoms with E-state index in [1.165, 1.54) is 37.7 Å². The Morgan fingerprint density at radius 1 is 0.960 bits per heavy atom. The fourth-order valence-corrected chi connectivity index (χ4v) is 3.78. The van der Waals surface area contributed by atoms with Crippen molar-refractivity contribution in [2.75, 3.05) is 6.61 Å². The van der Waals surface area contributed by atoms with Gasteiger partial charge in [0.2, 0.25) is 0 Å². The molecule has 3 rings (SSSR count). The minimum absolute atomic E-state index is 0.266. The molecule has 0 saturated heterocycles. The third-order valence-electron chi connectivity index (χ3n) is 5.10. The molecule has 0 amide bonds. The van der Waals surface area contributed by atoms with Crippen molar-refractivity contribution in [3.05, 3.63) is 67.5 Å². The third kappa shape index (κ3) is 3.98. The highest BCUT2D eigenvalue weighted by atomic mass is 16.5. The normalized spacial score (nSPS) is 16.2. The molecule has 1 aromatic carbocycles. The number of rotatable bonds is 7. The van der Waals surface area contributed by atoms with Gasteiger partial charge in [-0.3, -0.25) is 0 Å². The molecule has 0 radical (unpaired) electrons. The summed E-state index contributed by atoms with van der Waals surface area (Å²) < 4.78 is 5.43. The molecular weight excluding hydrogens is 308 g/mol. The Balaban J connectivity index is 1.79. The molecule has 1 saturated carbocycles. The molecule has 1 fully saturated rings. The van der Waals surface area contributed by atoms with E-state index in [0.29, 0.717) is 12.4 Å². The van der Waals surface area contributed by atoms with Gasteiger partial charge in [0, 0.05) is 5.56 Å². The Bertz CT molecular complexity index is 698. The van der Waals surface area contributed by atoms with Crippen LogP contribution < -0.4 is 4.74 Å². The summed E-state index contributed by atoms with van der Waals surface area (Å²) in [5, 5.41) is 0. The summed E-state index contributed by atoms with van der Waals surface area (Å²) >= 11 is 0. The standard InChI is InChI=1S/C22H26N2O/c1-3-12-22(13-6-5-7-14-22)19-10-8-18(9-11-19)21-23-16-20(17-24-21)25-15-4-2/h3-4,8-11,16-17H,1-2,5-7,12-15H2. The number of ether oxygens (including phenoxy) is 1. The van der Waals surface area contributed by atoms with Crippen LogP contribution in [0.2, 0.25) is 0 Å². The van der Waals surface area contributed by atoms with E-state index in [4.69, 9.17) is 4.74 Å². The third-order valence-corrected chi connectivity index (χ3v) is 5.10. The minimum Gasteiger partial charge on any atom is -0.486 e. The fraction of sp³-hybridized carbons (Fsp3) is 0.364.